The Bertz CT molecular complexity index is 701. The van der Waals surface area contributed by atoms with Gasteiger partial charge in [-0.25, -0.2) is 8.78 Å². The van der Waals surface area contributed by atoms with Crippen molar-refractivity contribution < 1.29 is 13.9 Å². The first-order valence-corrected chi connectivity index (χ1v) is 6.87. The van der Waals surface area contributed by atoms with Gasteiger partial charge in [-0.05, 0) is 35.9 Å². The van der Waals surface area contributed by atoms with E-state index in [1.165, 1.54) is 6.07 Å². The van der Waals surface area contributed by atoms with Crippen LogP contribution in [0.15, 0.2) is 40.9 Å². The third-order valence-electron chi connectivity index (χ3n) is 2.92. The molecule has 0 saturated heterocycles. The Hall–Kier alpha value is -1.97. The molecular weight excluding hydrogens is 342 g/mol. The zero-order valence-electron chi connectivity index (χ0n) is 10.8. The molecule has 0 saturated carbocycles. The maximum absolute atomic E-state index is 13.1. The topological polar surface area (TPSA) is 56.0 Å². The largest absolute Gasteiger partial charge is 0.387 e. The summed E-state index contributed by atoms with van der Waals surface area (Å²) >= 11 is 3.26. The van der Waals surface area contributed by atoms with Gasteiger partial charge in [0.1, 0.15) is 6.07 Å². The quantitative estimate of drug-likeness (QED) is 0.880. The number of nitriles is 1. The molecule has 2 aromatic rings. The molecule has 2 rings (SSSR count). The first-order chi connectivity index (χ1) is 10.0. The van der Waals surface area contributed by atoms with Crippen molar-refractivity contribution in [3.63, 3.8) is 0 Å². The predicted molar refractivity (Wildman–Crippen MR) is 78.7 cm³/mol. The summed E-state index contributed by atoms with van der Waals surface area (Å²) in [6.07, 6.45) is -1.02. The summed E-state index contributed by atoms with van der Waals surface area (Å²) in [5, 5.41) is 21.9. The lowest BCUT2D eigenvalue weighted by molar-refractivity contribution is 0.191. The van der Waals surface area contributed by atoms with Crippen LogP contribution in [0.4, 0.5) is 14.5 Å². The third-order valence-corrected chi connectivity index (χ3v) is 3.41. The monoisotopic (exact) mass is 352 g/mol. The van der Waals surface area contributed by atoms with E-state index in [4.69, 9.17) is 5.26 Å². The highest BCUT2D eigenvalue weighted by molar-refractivity contribution is 9.10. The van der Waals surface area contributed by atoms with Crippen LogP contribution >= 0.6 is 15.9 Å². The van der Waals surface area contributed by atoms with Gasteiger partial charge < -0.3 is 10.4 Å². The van der Waals surface area contributed by atoms with Crippen LogP contribution in [-0.4, -0.2) is 11.7 Å². The molecule has 21 heavy (non-hydrogen) atoms. The summed E-state index contributed by atoms with van der Waals surface area (Å²) in [5.74, 6) is -1.97. The zero-order chi connectivity index (χ0) is 15.4. The molecule has 0 amide bonds. The molecule has 0 aliphatic rings. The van der Waals surface area contributed by atoms with Crippen LogP contribution in [0.1, 0.15) is 17.2 Å². The van der Waals surface area contributed by atoms with Gasteiger partial charge in [0.2, 0.25) is 0 Å². The average molecular weight is 353 g/mol. The Labute approximate surface area is 129 Å². The van der Waals surface area contributed by atoms with Crippen LogP contribution < -0.4 is 5.32 Å². The lowest BCUT2D eigenvalue weighted by Crippen LogP contribution is -2.13. The van der Waals surface area contributed by atoms with Crippen LogP contribution in [0.2, 0.25) is 0 Å². The number of halogens is 3. The number of hydrogen-bond donors (Lipinski definition) is 2. The van der Waals surface area contributed by atoms with Crippen molar-refractivity contribution in [3.8, 4) is 6.07 Å². The zero-order valence-corrected chi connectivity index (χ0v) is 12.4. The van der Waals surface area contributed by atoms with Crippen molar-refractivity contribution in [2.24, 2.45) is 0 Å². The molecule has 6 heteroatoms. The first-order valence-electron chi connectivity index (χ1n) is 6.08. The number of anilines is 1. The molecule has 0 spiro atoms. The van der Waals surface area contributed by atoms with Crippen LogP contribution in [0, 0.1) is 23.0 Å². The van der Waals surface area contributed by atoms with Gasteiger partial charge in [0, 0.05) is 11.0 Å². The van der Waals surface area contributed by atoms with Gasteiger partial charge in [0.05, 0.1) is 17.4 Å². The molecule has 1 atom stereocenters. The highest BCUT2D eigenvalue weighted by atomic mass is 79.9. The van der Waals surface area contributed by atoms with Gasteiger partial charge in [-0.15, -0.1) is 0 Å². The molecule has 0 aromatic heterocycles. The Morgan fingerprint density at radius 3 is 2.62 bits per heavy atom. The highest BCUT2D eigenvalue weighted by Crippen LogP contribution is 2.22. The predicted octanol–water partition coefficient (Wildman–Crippen LogP) is 3.74. The fourth-order valence-electron chi connectivity index (χ4n) is 1.81. The SMILES string of the molecule is N#Cc1cc(Br)ccc1NCC(O)c1ccc(F)c(F)c1. The number of nitrogens with one attached hydrogen (secondary N) is 1. The fourth-order valence-corrected chi connectivity index (χ4v) is 2.17. The van der Waals surface area contributed by atoms with Crippen molar-refractivity contribution in [3.05, 3.63) is 63.6 Å². The van der Waals surface area contributed by atoms with E-state index < -0.39 is 17.7 Å². The molecular formula is C15H11BrF2N2O. The smallest absolute Gasteiger partial charge is 0.159 e. The lowest BCUT2D eigenvalue weighted by atomic mass is 10.1. The highest BCUT2D eigenvalue weighted by Gasteiger charge is 2.12. The number of hydrogen-bond acceptors (Lipinski definition) is 3. The van der Waals surface area contributed by atoms with Crippen molar-refractivity contribution in [2.75, 3.05) is 11.9 Å². The summed E-state index contributed by atoms with van der Waals surface area (Å²) in [5.41, 5.74) is 1.24. The maximum atomic E-state index is 13.1. The first kappa shape index (κ1) is 15.4. The minimum Gasteiger partial charge on any atom is -0.387 e. The van der Waals surface area contributed by atoms with Gasteiger partial charge in [0.25, 0.3) is 0 Å². The van der Waals surface area contributed by atoms with Gasteiger partial charge in [0.15, 0.2) is 11.6 Å². The fraction of sp³-hybridized carbons (Fsp3) is 0.133. The Balaban J connectivity index is 2.09. The van der Waals surface area contributed by atoms with Crippen molar-refractivity contribution in [1.29, 1.82) is 5.26 Å². The average Bonchev–Trinajstić information content (AvgIpc) is 2.48. The van der Waals surface area contributed by atoms with Crippen LogP contribution in [-0.2, 0) is 0 Å². The Morgan fingerprint density at radius 2 is 1.95 bits per heavy atom. The van der Waals surface area contributed by atoms with E-state index in [2.05, 4.69) is 21.2 Å². The molecule has 0 aliphatic heterocycles. The minimum absolute atomic E-state index is 0.0708. The number of benzene rings is 2. The number of nitrogens with zero attached hydrogens (tertiary/aromatic N) is 1. The molecule has 0 fully saturated rings. The van der Waals surface area contributed by atoms with E-state index in [1.54, 1.807) is 18.2 Å². The van der Waals surface area contributed by atoms with Gasteiger partial charge in [-0.3, -0.25) is 0 Å². The molecule has 0 radical (unpaired) electrons. The van der Waals surface area contributed by atoms with E-state index in [0.717, 1.165) is 16.6 Å². The molecule has 1 unspecified atom stereocenters. The van der Waals surface area contributed by atoms with Crippen LogP contribution in [0.3, 0.4) is 0 Å². The summed E-state index contributed by atoms with van der Waals surface area (Å²) in [6.45, 7) is 0.0708. The van der Waals surface area contributed by atoms with Crippen LogP contribution in [0.5, 0.6) is 0 Å². The second kappa shape index (κ2) is 6.66. The minimum atomic E-state index is -1.02. The van der Waals surface area contributed by atoms with E-state index in [0.29, 0.717) is 11.3 Å². The van der Waals surface area contributed by atoms with E-state index in [9.17, 15) is 13.9 Å². The number of aliphatic hydroxyl groups is 1. The third kappa shape index (κ3) is 3.78. The van der Waals surface area contributed by atoms with Crippen LogP contribution in [0.25, 0.3) is 0 Å². The van der Waals surface area contributed by atoms with Crippen molar-refractivity contribution in [2.45, 2.75) is 6.10 Å². The maximum Gasteiger partial charge on any atom is 0.159 e. The van der Waals surface area contributed by atoms with Gasteiger partial charge >= 0.3 is 0 Å². The van der Waals surface area contributed by atoms with E-state index in [-0.39, 0.29) is 12.1 Å². The van der Waals surface area contributed by atoms with E-state index in [1.807, 2.05) is 6.07 Å². The summed E-state index contributed by atoms with van der Waals surface area (Å²) < 4.78 is 26.7. The lowest BCUT2D eigenvalue weighted by Gasteiger charge is -2.14. The van der Waals surface area contributed by atoms with Gasteiger partial charge in [-0.2, -0.15) is 5.26 Å². The van der Waals surface area contributed by atoms with Crippen molar-refractivity contribution in [1.82, 2.24) is 0 Å². The second-order valence-corrected chi connectivity index (χ2v) is 5.29. The molecule has 0 bridgehead atoms. The van der Waals surface area contributed by atoms with E-state index >= 15 is 0 Å². The second-order valence-electron chi connectivity index (χ2n) is 4.37. The summed E-state index contributed by atoms with van der Waals surface area (Å²) in [4.78, 5) is 0. The Kier molecular flexibility index (Phi) is 4.89. The molecule has 108 valence electrons. The Morgan fingerprint density at radius 1 is 1.19 bits per heavy atom. The molecule has 2 N–H and O–H groups in total. The standard InChI is InChI=1S/C15H11BrF2N2O/c16-11-2-4-14(10(5-11)7-19)20-8-15(21)9-1-3-12(17)13(18)6-9/h1-6,15,20-21H,8H2. The molecule has 3 nitrogen and oxygen atoms in total. The normalized spacial score (nSPS) is 11.8. The number of rotatable bonds is 4. The van der Waals surface area contributed by atoms with Crippen molar-refractivity contribution >= 4 is 21.6 Å². The summed E-state index contributed by atoms with van der Waals surface area (Å²) in [6, 6.07) is 10.4. The number of aliphatic hydroxyl groups excluding tert-OH is 1. The molecule has 0 heterocycles. The molecule has 0 aliphatic carbocycles. The summed E-state index contributed by atoms with van der Waals surface area (Å²) in [7, 11) is 0. The van der Waals surface area contributed by atoms with Gasteiger partial charge in [-0.1, -0.05) is 22.0 Å². The molecule has 2 aromatic carbocycles.